The number of hydrogen-bond donors (Lipinski definition) is 3. The summed E-state index contributed by atoms with van der Waals surface area (Å²) in [6, 6.07) is 0.207. The van der Waals surface area contributed by atoms with Crippen LogP contribution in [0, 0.1) is 17.8 Å². The molecule has 1 saturated carbocycles. The first-order chi connectivity index (χ1) is 15.0. The second kappa shape index (κ2) is 9.55. The number of fused-ring (bicyclic) bond motifs is 1. The fourth-order valence-corrected chi connectivity index (χ4v) is 6.60. The van der Waals surface area contributed by atoms with Gasteiger partial charge in [0, 0.05) is 10.9 Å². The quantitative estimate of drug-likeness (QED) is 0.561. The molecule has 3 aliphatic carbocycles. The summed E-state index contributed by atoms with van der Waals surface area (Å²) in [7, 11) is 0. The van der Waals surface area contributed by atoms with Crippen molar-refractivity contribution in [3.05, 3.63) is 28.2 Å². The fraction of sp³-hybridized carbons (Fsp3) is 0.625. The molecule has 7 heteroatoms. The number of hydrogen-bond acceptors (Lipinski definition) is 4. The van der Waals surface area contributed by atoms with E-state index in [1.807, 2.05) is 12.2 Å². The molecule has 168 valence electrons. The van der Waals surface area contributed by atoms with Gasteiger partial charge in [-0.2, -0.15) is 0 Å². The van der Waals surface area contributed by atoms with Crippen LogP contribution in [0.5, 0.6) is 0 Å². The Labute approximate surface area is 187 Å². The number of carboxylic acid groups (broad SMARTS) is 1. The molecule has 3 atom stereocenters. The van der Waals surface area contributed by atoms with Crippen molar-refractivity contribution in [3.63, 3.8) is 0 Å². The van der Waals surface area contributed by atoms with Crippen LogP contribution in [0.15, 0.2) is 12.2 Å². The summed E-state index contributed by atoms with van der Waals surface area (Å²) in [6.07, 6.45) is 12.7. The molecule has 0 aliphatic heterocycles. The number of carbonyl (C=O) groups is 3. The van der Waals surface area contributed by atoms with Crippen LogP contribution in [-0.2, 0) is 22.4 Å². The Morgan fingerprint density at radius 2 is 1.81 bits per heavy atom. The van der Waals surface area contributed by atoms with Crippen LogP contribution in [-0.4, -0.2) is 28.9 Å². The highest BCUT2D eigenvalue weighted by molar-refractivity contribution is 7.17. The minimum atomic E-state index is -0.944. The maximum atomic E-state index is 13.3. The van der Waals surface area contributed by atoms with Crippen LogP contribution in [0.2, 0.25) is 0 Å². The molecule has 0 spiro atoms. The van der Waals surface area contributed by atoms with Crippen molar-refractivity contribution in [2.24, 2.45) is 17.8 Å². The van der Waals surface area contributed by atoms with Gasteiger partial charge in [-0.25, -0.2) is 0 Å². The third kappa shape index (κ3) is 4.71. The lowest BCUT2D eigenvalue weighted by Crippen LogP contribution is -2.36. The van der Waals surface area contributed by atoms with E-state index in [9.17, 15) is 19.5 Å². The third-order valence-corrected chi connectivity index (χ3v) is 8.36. The number of amides is 2. The molecular weight excluding hydrogens is 412 g/mol. The van der Waals surface area contributed by atoms with Crippen LogP contribution in [0.1, 0.15) is 79.1 Å². The predicted octanol–water partition coefficient (Wildman–Crippen LogP) is 4.54. The molecule has 0 saturated heterocycles. The average molecular weight is 445 g/mol. The van der Waals surface area contributed by atoms with Gasteiger partial charge in [0.15, 0.2) is 0 Å². The van der Waals surface area contributed by atoms with E-state index < -0.39 is 17.8 Å². The lowest BCUT2D eigenvalue weighted by atomic mass is 9.82. The maximum absolute atomic E-state index is 13.3. The highest BCUT2D eigenvalue weighted by atomic mass is 32.1. The molecule has 1 aromatic heterocycles. The summed E-state index contributed by atoms with van der Waals surface area (Å²) in [5.74, 6) is -2.05. The van der Waals surface area contributed by atoms with Crippen molar-refractivity contribution >= 4 is 34.1 Å². The first-order valence-electron chi connectivity index (χ1n) is 11.6. The average Bonchev–Trinajstić information content (AvgIpc) is 3.40. The van der Waals surface area contributed by atoms with Crippen LogP contribution in [0.4, 0.5) is 5.00 Å². The molecule has 0 bridgehead atoms. The fourth-order valence-electron chi connectivity index (χ4n) is 5.24. The Kier molecular flexibility index (Phi) is 6.80. The number of aliphatic carboxylic acids is 1. The minimum absolute atomic E-state index is 0.0898. The number of carbonyl (C=O) groups excluding carboxylic acids is 2. The van der Waals surface area contributed by atoms with E-state index in [4.69, 9.17) is 0 Å². The number of rotatable bonds is 6. The number of allylic oxidation sites excluding steroid dienone is 2. The molecule has 1 fully saturated rings. The van der Waals surface area contributed by atoms with Crippen molar-refractivity contribution in [3.8, 4) is 0 Å². The van der Waals surface area contributed by atoms with E-state index in [2.05, 4.69) is 17.6 Å². The molecule has 1 heterocycles. The zero-order valence-electron chi connectivity index (χ0n) is 18.1. The van der Waals surface area contributed by atoms with E-state index in [-0.39, 0.29) is 17.9 Å². The number of thiophene rings is 1. The van der Waals surface area contributed by atoms with Gasteiger partial charge in [0.1, 0.15) is 5.00 Å². The zero-order valence-corrected chi connectivity index (χ0v) is 18.9. The maximum Gasteiger partial charge on any atom is 0.307 e. The third-order valence-electron chi connectivity index (χ3n) is 7.19. The molecule has 3 N–H and O–H groups in total. The molecule has 4 rings (SSSR count). The van der Waals surface area contributed by atoms with E-state index in [0.29, 0.717) is 29.3 Å². The van der Waals surface area contributed by atoms with Gasteiger partial charge in [-0.1, -0.05) is 38.3 Å². The summed E-state index contributed by atoms with van der Waals surface area (Å²) >= 11 is 1.51. The summed E-state index contributed by atoms with van der Waals surface area (Å²) in [5.41, 5.74) is 1.70. The first kappa shape index (κ1) is 22.1. The Morgan fingerprint density at radius 1 is 1.10 bits per heavy atom. The topological polar surface area (TPSA) is 95.5 Å². The Bertz CT molecular complexity index is 884. The van der Waals surface area contributed by atoms with Crippen molar-refractivity contribution in [1.82, 2.24) is 5.32 Å². The van der Waals surface area contributed by atoms with Gasteiger partial charge in [0.25, 0.3) is 5.91 Å². The van der Waals surface area contributed by atoms with Crippen LogP contribution >= 0.6 is 11.3 Å². The second-order valence-electron chi connectivity index (χ2n) is 9.16. The van der Waals surface area contributed by atoms with Crippen LogP contribution in [0.3, 0.4) is 0 Å². The summed E-state index contributed by atoms with van der Waals surface area (Å²) in [5, 5.41) is 16.3. The Morgan fingerprint density at radius 3 is 2.48 bits per heavy atom. The van der Waals surface area contributed by atoms with Gasteiger partial charge in [0.05, 0.1) is 17.4 Å². The lowest BCUT2D eigenvalue weighted by molar-refractivity contribution is -0.146. The molecule has 1 aromatic rings. The van der Waals surface area contributed by atoms with Gasteiger partial charge >= 0.3 is 5.97 Å². The van der Waals surface area contributed by atoms with Crippen LogP contribution < -0.4 is 10.6 Å². The predicted molar refractivity (Wildman–Crippen MR) is 121 cm³/mol. The van der Waals surface area contributed by atoms with Gasteiger partial charge in [0.2, 0.25) is 5.91 Å². The Balaban J connectivity index is 1.60. The molecule has 3 aliphatic rings. The highest BCUT2D eigenvalue weighted by Crippen LogP contribution is 2.41. The number of anilines is 1. The minimum Gasteiger partial charge on any atom is -0.481 e. The standard InChI is InChI=1S/C24H32N2O4S/c1-2-14-11-12-18-19(13-14)31-23(20(18)22(28)25-15-7-3-4-8-15)26-21(27)16-9-5-6-10-17(16)24(29)30/h5-6,14-17H,2-4,7-13H2,1H3,(H,25,28)(H,26,27)(H,29,30). The van der Waals surface area contributed by atoms with E-state index in [1.54, 1.807) is 0 Å². The lowest BCUT2D eigenvalue weighted by Gasteiger charge is -2.24. The number of carboxylic acids is 1. The van der Waals surface area contributed by atoms with Crippen LogP contribution in [0.25, 0.3) is 0 Å². The van der Waals surface area contributed by atoms with E-state index in [1.165, 1.54) is 16.2 Å². The summed E-state index contributed by atoms with van der Waals surface area (Å²) in [6.45, 7) is 2.20. The molecule has 6 nitrogen and oxygen atoms in total. The van der Waals surface area contributed by atoms with Gasteiger partial charge in [-0.15, -0.1) is 11.3 Å². The second-order valence-corrected chi connectivity index (χ2v) is 10.3. The van der Waals surface area contributed by atoms with Crippen molar-refractivity contribution in [2.75, 3.05) is 5.32 Å². The molecule has 0 aromatic carbocycles. The van der Waals surface area contributed by atoms with Gasteiger partial charge in [-0.05, 0) is 56.4 Å². The van der Waals surface area contributed by atoms with E-state index in [0.717, 1.165) is 56.9 Å². The van der Waals surface area contributed by atoms with Gasteiger partial charge in [-0.3, -0.25) is 14.4 Å². The van der Waals surface area contributed by atoms with Crippen molar-refractivity contribution in [1.29, 1.82) is 0 Å². The molecule has 2 amide bonds. The monoisotopic (exact) mass is 444 g/mol. The largest absolute Gasteiger partial charge is 0.481 e. The van der Waals surface area contributed by atoms with Gasteiger partial charge < -0.3 is 15.7 Å². The molecule has 31 heavy (non-hydrogen) atoms. The normalized spacial score (nSPS) is 25.8. The number of nitrogens with one attached hydrogen (secondary N) is 2. The zero-order chi connectivity index (χ0) is 22.0. The molecular formula is C24H32N2O4S. The smallest absolute Gasteiger partial charge is 0.307 e. The molecule has 0 radical (unpaired) electrons. The summed E-state index contributed by atoms with van der Waals surface area (Å²) < 4.78 is 0. The Hall–Kier alpha value is -2.15. The van der Waals surface area contributed by atoms with Crippen molar-refractivity contribution in [2.45, 2.75) is 77.2 Å². The summed E-state index contributed by atoms with van der Waals surface area (Å²) in [4.78, 5) is 39.2. The molecule has 3 unspecified atom stereocenters. The van der Waals surface area contributed by atoms with E-state index >= 15 is 0 Å². The van der Waals surface area contributed by atoms with Crippen molar-refractivity contribution < 1.29 is 19.5 Å². The highest BCUT2D eigenvalue weighted by Gasteiger charge is 2.36. The first-order valence-corrected chi connectivity index (χ1v) is 12.4. The SMILES string of the molecule is CCC1CCc2c(sc(NC(=O)C3CC=CCC3C(=O)O)c2C(=O)NC2CCCC2)C1.